The van der Waals surface area contributed by atoms with E-state index in [1.165, 1.54) is 42.1 Å². The first-order valence-corrected chi connectivity index (χ1v) is 7.63. The molecule has 0 bridgehead atoms. The highest BCUT2D eigenvalue weighted by Gasteiger charge is 2.20. The molecule has 102 valence electrons. The molecule has 0 spiro atoms. The molecule has 2 unspecified atom stereocenters. The van der Waals surface area contributed by atoms with Crippen molar-refractivity contribution in [2.24, 2.45) is 5.92 Å². The van der Waals surface area contributed by atoms with Gasteiger partial charge in [0.25, 0.3) is 0 Å². The van der Waals surface area contributed by atoms with E-state index in [4.69, 9.17) is 0 Å². The van der Waals surface area contributed by atoms with E-state index in [9.17, 15) is 0 Å². The van der Waals surface area contributed by atoms with E-state index >= 15 is 0 Å². The maximum atomic E-state index is 3.76. The molecular weight excluding hydrogens is 232 g/mol. The van der Waals surface area contributed by atoms with Gasteiger partial charge < -0.3 is 10.3 Å². The van der Waals surface area contributed by atoms with Crippen LogP contribution in [0, 0.1) is 5.92 Å². The van der Waals surface area contributed by atoms with Gasteiger partial charge in [0.05, 0.1) is 0 Å². The SMILES string of the molecule is CC1CCCCC1NCCc1c[nH]c2ccccc12. The molecule has 2 heteroatoms. The summed E-state index contributed by atoms with van der Waals surface area (Å²) in [7, 11) is 0. The number of hydrogen-bond donors (Lipinski definition) is 2. The lowest BCUT2D eigenvalue weighted by Crippen LogP contribution is -2.38. The fraction of sp³-hybridized carbons (Fsp3) is 0.529. The highest BCUT2D eigenvalue weighted by Crippen LogP contribution is 2.24. The second-order valence-corrected chi connectivity index (χ2v) is 5.93. The third-order valence-electron chi connectivity index (χ3n) is 4.59. The van der Waals surface area contributed by atoms with Crippen LogP contribution in [0.3, 0.4) is 0 Å². The molecule has 2 aromatic rings. The van der Waals surface area contributed by atoms with Crippen LogP contribution in [-0.2, 0) is 6.42 Å². The first-order valence-electron chi connectivity index (χ1n) is 7.63. The van der Waals surface area contributed by atoms with Crippen LogP contribution in [0.4, 0.5) is 0 Å². The highest BCUT2D eigenvalue weighted by atomic mass is 14.9. The van der Waals surface area contributed by atoms with Gasteiger partial charge in [0.2, 0.25) is 0 Å². The number of rotatable bonds is 4. The Hall–Kier alpha value is -1.28. The minimum absolute atomic E-state index is 0.735. The van der Waals surface area contributed by atoms with Crippen molar-refractivity contribution in [3.05, 3.63) is 36.0 Å². The lowest BCUT2D eigenvalue weighted by atomic mass is 9.86. The Kier molecular flexibility index (Phi) is 3.88. The van der Waals surface area contributed by atoms with Gasteiger partial charge in [0.15, 0.2) is 0 Å². The van der Waals surface area contributed by atoms with Crippen molar-refractivity contribution in [3.8, 4) is 0 Å². The fourth-order valence-corrected chi connectivity index (χ4v) is 3.35. The van der Waals surface area contributed by atoms with Crippen LogP contribution in [0.2, 0.25) is 0 Å². The van der Waals surface area contributed by atoms with Gasteiger partial charge in [-0.3, -0.25) is 0 Å². The first kappa shape index (κ1) is 12.7. The predicted octanol–water partition coefficient (Wildman–Crippen LogP) is 3.88. The largest absolute Gasteiger partial charge is 0.361 e. The molecule has 1 fully saturated rings. The van der Waals surface area contributed by atoms with E-state index in [2.05, 4.69) is 47.7 Å². The third-order valence-corrected chi connectivity index (χ3v) is 4.59. The van der Waals surface area contributed by atoms with Gasteiger partial charge in [-0.1, -0.05) is 38.0 Å². The normalized spacial score (nSPS) is 23.8. The van der Waals surface area contributed by atoms with Crippen LogP contribution in [0.1, 0.15) is 38.2 Å². The van der Waals surface area contributed by atoms with Crippen LogP contribution >= 0.6 is 0 Å². The number of aromatic amines is 1. The summed E-state index contributed by atoms with van der Waals surface area (Å²) in [5.41, 5.74) is 2.69. The average molecular weight is 256 g/mol. The number of nitrogens with one attached hydrogen (secondary N) is 2. The van der Waals surface area contributed by atoms with Crippen molar-refractivity contribution < 1.29 is 0 Å². The lowest BCUT2D eigenvalue weighted by molar-refractivity contribution is 0.282. The molecule has 2 atom stereocenters. The van der Waals surface area contributed by atoms with Gasteiger partial charge in [-0.25, -0.2) is 0 Å². The van der Waals surface area contributed by atoms with E-state index < -0.39 is 0 Å². The number of aromatic nitrogens is 1. The molecule has 1 aliphatic rings. The van der Waals surface area contributed by atoms with Crippen molar-refractivity contribution in [1.29, 1.82) is 0 Å². The summed E-state index contributed by atoms with van der Waals surface area (Å²) in [4.78, 5) is 3.36. The quantitative estimate of drug-likeness (QED) is 0.853. The number of H-pyrrole nitrogens is 1. The van der Waals surface area contributed by atoms with Gasteiger partial charge in [-0.15, -0.1) is 0 Å². The summed E-state index contributed by atoms with van der Waals surface area (Å²) in [5.74, 6) is 0.844. The first-order chi connectivity index (χ1) is 9.34. The molecule has 2 N–H and O–H groups in total. The Labute approximate surface area is 115 Å². The number of benzene rings is 1. The molecular formula is C17H24N2. The molecule has 1 aliphatic carbocycles. The van der Waals surface area contributed by atoms with Gasteiger partial charge in [0.1, 0.15) is 0 Å². The van der Waals surface area contributed by atoms with E-state index in [0.29, 0.717) is 0 Å². The van der Waals surface area contributed by atoms with E-state index in [-0.39, 0.29) is 0 Å². The topological polar surface area (TPSA) is 27.8 Å². The minimum atomic E-state index is 0.735. The molecule has 2 nitrogen and oxygen atoms in total. The molecule has 1 heterocycles. The predicted molar refractivity (Wildman–Crippen MR) is 81.4 cm³/mol. The van der Waals surface area contributed by atoms with Gasteiger partial charge in [-0.05, 0) is 43.4 Å². The van der Waals surface area contributed by atoms with Gasteiger partial charge in [0, 0.05) is 23.1 Å². The average Bonchev–Trinajstić information content (AvgIpc) is 2.85. The summed E-state index contributed by atoms with van der Waals surface area (Å²) >= 11 is 0. The monoisotopic (exact) mass is 256 g/mol. The van der Waals surface area contributed by atoms with Crippen molar-refractivity contribution in [1.82, 2.24) is 10.3 Å². The maximum absolute atomic E-state index is 3.76. The summed E-state index contributed by atoms with van der Waals surface area (Å²) < 4.78 is 0. The number of fused-ring (bicyclic) bond motifs is 1. The molecule has 0 saturated heterocycles. The van der Waals surface area contributed by atoms with Gasteiger partial charge >= 0.3 is 0 Å². The highest BCUT2D eigenvalue weighted by molar-refractivity contribution is 5.83. The molecule has 0 aliphatic heterocycles. The standard InChI is InChI=1S/C17H24N2/c1-13-6-2-4-8-16(13)18-11-10-14-12-19-17-9-5-3-7-15(14)17/h3,5,7,9,12-13,16,18-19H,2,4,6,8,10-11H2,1H3. The van der Waals surface area contributed by atoms with Crippen LogP contribution < -0.4 is 5.32 Å². The Bertz CT molecular complexity index is 529. The van der Waals surface area contributed by atoms with Crippen molar-refractivity contribution >= 4 is 10.9 Å². The van der Waals surface area contributed by atoms with Crippen molar-refractivity contribution in [2.45, 2.75) is 45.1 Å². The molecule has 1 aromatic heterocycles. The molecule has 19 heavy (non-hydrogen) atoms. The molecule has 1 aromatic carbocycles. The second kappa shape index (κ2) is 5.79. The van der Waals surface area contributed by atoms with E-state index in [1.807, 2.05) is 0 Å². The van der Waals surface area contributed by atoms with E-state index in [1.54, 1.807) is 0 Å². The Morgan fingerprint density at radius 2 is 2.05 bits per heavy atom. The summed E-state index contributed by atoms with van der Waals surface area (Å²) in [6, 6.07) is 9.31. The summed E-state index contributed by atoms with van der Waals surface area (Å²) in [6.07, 6.45) is 8.85. The molecule has 0 radical (unpaired) electrons. The van der Waals surface area contributed by atoms with Gasteiger partial charge in [-0.2, -0.15) is 0 Å². The molecule has 0 amide bonds. The Balaban J connectivity index is 1.57. The smallest absolute Gasteiger partial charge is 0.0456 e. The number of para-hydroxylation sites is 1. The molecule has 3 rings (SSSR count). The number of hydrogen-bond acceptors (Lipinski definition) is 1. The van der Waals surface area contributed by atoms with Crippen molar-refractivity contribution in [2.75, 3.05) is 6.54 Å². The second-order valence-electron chi connectivity index (χ2n) is 5.93. The maximum Gasteiger partial charge on any atom is 0.0456 e. The van der Waals surface area contributed by atoms with Crippen LogP contribution in [0.5, 0.6) is 0 Å². The lowest BCUT2D eigenvalue weighted by Gasteiger charge is -2.29. The fourth-order valence-electron chi connectivity index (χ4n) is 3.35. The summed E-state index contributed by atoms with van der Waals surface area (Å²) in [6.45, 7) is 3.49. The minimum Gasteiger partial charge on any atom is -0.361 e. The van der Waals surface area contributed by atoms with E-state index in [0.717, 1.165) is 24.9 Å². The Morgan fingerprint density at radius 1 is 1.21 bits per heavy atom. The third kappa shape index (κ3) is 2.84. The zero-order valence-electron chi connectivity index (χ0n) is 11.8. The zero-order valence-corrected chi connectivity index (χ0v) is 11.8. The van der Waals surface area contributed by atoms with Crippen LogP contribution in [0.25, 0.3) is 10.9 Å². The summed E-state index contributed by atoms with van der Waals surface area (Å²) in [5, 5.41) is 5.14. The molecule has 1 saturated carbocycles. The van der Waals surface area contributed by atoms with Crippen LogP contribution in [-0.4, -0.2) is 17.6 Å². The van der Waals surface area contributed by atoms with Crippen LogP contribution in [0.15, 0.2) is 30.5 Å². The Morgan fingerprint density at radius 3 is 2.95 bits per heavy atom. The van der Waals surface area contributed by atoms with Crippen molar-refractivity contribution in [3.63, 3.8) is 0 Å². The zero-order chi connectivity index (χ0) is 13.1.